The Bertz CT molecular complexity index is 270. The highest BCUT2D eigenvalue weighted by Gasteiger charge is 2.31. The van der Waals surface area contributed by atoms with Crippen molar-refractivity contribution in [2.24, 2.45) is 0 Å². The second-order valence-corrected chi connectivity index (χ2v) is 4.66. The molecule has 2 rings (SSSR count). The van der Waals surface area contributed by atoms with Gasteiger partial charge in [-0.3, -0.25) is 0 Å². The van der Waals surface area contributed by atoms with Crippen LogP contribution >= 0.6 is 11.8 Å². The predicted octanol–water partition coefficient (Wildman–Crippen LogP) is 1.21. The Balaban J connectivity index is 2.05. The Morgan fingerprint density at radius 2 is 2.15 bits per heavy atom. The lowest BCUT2D eigenvalue weighted by Crippen LogP contribution is -2.31. The van der Waals surface area contributed by atoms with Crippen molar-refractivity contribution in [3.05, 3.63) is 35.9 Å². The quantitative estimate of drug-likeness (QED) is 0.744. The Labute approximate surface area is 82.4 Å². The fourth-order valence-corrected chi connectivity index (χ4v) is 2.46. The van der Waals surface area contributed by atoms with E-state index in [2.05, 4.69) is 17.4 Å². The highest BCUT2D eigenvalue weighted by atomic mass is 32.2. The predicted molar refractivity (Wildman–Crippen MR) is 55.6 cm³/mol. The van der Waals surface area contributed by atoms with Crippen molar-refractivity contribution in [1.82, 2.24) is 5.32 Å². The van der Waals surface area contributed by atoms with E-state index in [9.17, 15) is 5.11 Å². The molecule has 1 aliphatic heterocycles. The van der Waals surface area contributed by atoms with Gasteiger partial charge in [0.25, 0.3) is 0 Å². The van der Waals surface area contributed by atoms with Gasteiger partial charge in [0.2, 0.25) is 0 Å². The number of rotatable bonds is 2. The van der Waals surface area contributed by atoms with Crippen LogP contribution in [0.2, 0.25) is 0 Å². The van der Waals surface area contributed by atoms with Crippen molar-refractivity contribution in [1.29, 1.82) is 0 Å². The smallest absolute Gasteiger partial charge is 0.128 e. The molecule has 0 bridgehead atoms. The molecular weight excluding hydrogens is 182 g/mol. The molecule has 0 aliphatic carbocycles. The lowest BCUT2D eigenvalue weighted by atomic mass is 10.1. The molecule has 1 unspecified atom stereocenters. The van der Waals surface area contributed by atoms with Gasteiger partial charge in [-0.2, -0.15) is 0 Å². The Morgan fingerprint density at radius 1 is 1.38 bits per heavy atom. The third kappa shape index (κ3) is 2.24. The number of thioether (sulfide) groups is 1. The standard InChI is InChI=1S/C10H13NOS/c12-10(7-11-8-13-10)6-9-4-2-1-3-5-9/h1-5,11-12H,6-8H2. The second-order valence-electron chi connectivity index (χ2n) is 3.32. The van der Waals surface area contributed by atoms with Crippen molar-refractivity contribution >= 4 is 11.8 Å². The molecule has 2 nitrogen and oxygen atoms in total. The minimum Gasteiger partial charge on any atom is -0.378 e. The normalized spacial score (nSPS) is 27.8. The zero-order valence-electron chi connectivity index (χ0n) is 7.36. The van der Waals surface area contributed by atoms with Gasteiger partial charge in [0.1, 0.15) is 4.93 Å². The Kier molecular flexibility index (Phi) is 2.58. The van der Waals surface area contributed by atoms with E-state index in [0.29, 0.717) is 6.54 Å². The third-order valence-corrected chi connectivity index (χ3v) is 3.34. The van der Waals surface area contributed by atoms with Gasteiger partial charge in [-0.25, -0.2) is 0 Å². The molecule has 0 amide bonds. The fourth-order valence-electron chi connectivity index (χ4n) is 1.51. The van der Waals surface area contributed by atoms with Crippen molar-refractivity contribution in [3.8, 4) is 0 Å². The fraction of sp³-hybridized carbons (Fsp3) is 0.400. The average molecular weight is 195 g/mol. The average Bonchev–Trinajstić information content (AvgIpc) is 2.54. The van der Waals surface area contributed by atoms with Crippen LogP contribution in [0.25, 0.3) is 0 Å². The maximum absolute atomic E-state index is 10.0. The van der Waals surface area contributed by atoms with Crippen LogP contribution in [0.5, 0.6) is 0 Å². The van der Waals surface area contributed by atoms with Crippen LogP contribution in [0, 0.1) is 0 Å². The summed E-state index contributed by atoms with van der Waals surface area (Å²) in [7, 11) is 0. The lowest BCUT2D eigenvalue weighted by Gasteiger charge is -2.19. The van der Waals surface area contributed by atoms with Crippen LogP contribution in [-0.4, -0.2) is 22.5 Å². The van der Waals surface area contributed by atoms with E-state index in [0.717, 1.165) is 12.3 Å². The molecule has 0 spiro atoms. The molecule has 1 aromatic rings. The van der Waals surface area contributed by atoms with Gasteiger partial charge in [-0.15, -0.1) is 11.8 Å². The lowest BCUT2D eigenvalue weighted by molar-refractivity contribution is 0.146. The van der Waals surface area contributed by atoms with Crippen molar-refractivity contribution < 1.29 is 5.11 Å². The molecule has 1 fully saturated rings. The first kappa shape index (κ1) is 9.06. The summed E-state index contributed by atoms with van der Waals surface area (Å²) in [4.78, 5) is -0.596. The first-order chi connectivity index (χ1) is 6.29. The van der Waals surface area contributed by atoms with Crippen molar-refractivity contribution in [2.75, 3.05) is 12.4 Å². The monoisotopic (exact) mass is 195 g/mol. The van der Waals surface area contributed by atoms with Crippen LogP contribution in [0.15, 0.2) is 30.3 Å². The molecule has 13 heavy (non-hydrogen) atoms. The highest BCUT2D eigenvalue weighted by molar-refractivity contribution is 8.00. The summed E-state index contributed by atoms with van der Waals surface area (Å²) in [6.45, 7) is 0.687. The molecule has 2 N–H and O–H groups in total. The Hall–Kier alpha value is -0.510. The van der Waals surface area contributed by atoms with Crippen LogP contribution < -0.4 is 5.32 Å². The number of hydrogen-bond donors (Lipinski definition) is 2. The summed E-state index contributed by atoms with van der Waals surface area (Å²) in [5.74, 6) is 0.851. The number of β-amino-alcohol motifs (C(OH)–C–C–N with tert-alkyl or cyclic N) is 1. The molecule has 1 saturated heterocycles. The van der Waals surface area contributed by atoms with E-state index in [4.69, 9.17) is 0 Å². The van der Waals surface area contributed by atoms with Crippen LogP contribution in [0.1, 0.15) is 5.56 Å². The second kappa shape index (κ2) is 3.70. The zero-order valence-corrected chi connectivity index (χ0v) is 8.18. The maximum Gasteiger partial charge on any atom is 0.128 e. The summed E-state index contributed by atoms with van der Waals surface area (Å²) in [6, 6.07) is 10.1. The minimum atomic E-state index is -0.596. The van der Waals surface area contributed by atoms with Gasteiger partial charge in [0.15, 0.2) is 0 Å². The van der Waals surface area contributed by atoms with Crippen LogP contribution in [0.4, 0.5) is 0 Å². The van der Waals surface area contributed by atoms with Gasteiger partial charge >= 0.3 is 0 Å². The van der Waals surface area contributed by atoms with E-state index in [-0.39, 0.29) is 0 Å². The van der Waals surface area contributed by atoms with Gasteiger partial charge in [0, 0.05) is 18.8 Å². The van der Waals surface area contributed by atoms with E-state index in [1.54, 1.807) is 11.8 Å². The van der Waals surface area contributed by atoms with Gasteiger partial charge in [0.05, 0.1) is 0 Å². The zero-order chi connectivity index (χ0) is 9.15. The molecule has 3 heteroatoms. The third-order valence-electron chi connectivity index (χ3n) is 2.17. The molecule has 70 valence electrons. The number of hydrogen-bond acceptors (Lipinski definition) is 3. The van der Waals surface area contributed by atoms with Crippen LogP contribution in [-0.2, 0) is 6.42 Å². The van der Waals surface area contributed by atoms with Gasteiger partial charge < -0.3 is 10.4 Å². The van der Waals surface area contributed by atoms with Crippen molar-refractivity contribution in [2.45, 2.75) is 11.4 Å². The molecule has 1 aromatic carbocycles. The van der Waals surface area contributed by atoms with Crippen molar-refractivity contribution in [3.63, 3.8) is 0 Å². The molecule has 0 saturated carbocycles. The van der Waals surface area contributed by atoms with E-state index < -0.39 is 4.93 Å². The van der Waals surface area contributed by atoms with E-state index in [1.165, 1.54) is 5.56 Å². The molecule has 1 aliphatic rings. The summed E-state index contributed by atoms with van der Waals surface area (Å²) in [6.07, 6.45) is 0.728. The number of benzene rings is 1. The summed E-state index contributed by atoms with van der Waals surface area (Å²) in [5, 5.41) is 13.2. The Morgan fingerprint density at radius 3 is 2.77 bits per heavy atom. The topological polar surface area (TPSA) is 32.3 Å². The molecule has 1 atom stereocenters. The summed E-state index contributed by atoms with van der Waals surface area (Å²) in [5.41, 5.74) is 1.20. The summed E-state index contributed by atoms with van der Waals surface area (Å²) < 4.78 is 0. The molecule has 0 radical (unpaired) electrons. The largest absolute Gasteiger partial charge is 0.378 e. The number of nitrogens with one attached hydrogen (secondary N) is 1. The van der Waals surface area contributed by atoms with E-state index in [1.807, 2.05) is 18.2 Å². The molecule has 0 aromatic heterocycles. The first-order valence-electron chi connectivity index (χ1n) is 4.39. The molecule has 1 heterocycles. The van der Waals surface area contributed by atoms with E-state index >= 15 is 0 Å². The van der Waals surface area contributed by atoms with Gasteiger partial charge in [-0.05, 0) is 5.56 Å². The molecular formula is C10H13NOS. The first-order valence-corrected chi connectivity index (χ1v) is 5.38. The summed E-state index contributed by atoms with van der Waals surface area (Å²) >= 11 is 1.58. The van der Waals surface area contributed by atoms with Gasteiger partial charge in [-0.1, -0.05) is 30.3 Å². The maximum atomic E-state index is 10.0. The minimum absolute atomic E-state index is 0.596. The number of aliphatic hydroxyl groups is 1. The van der Waals surface area contributed by atoms with Crippen LogP contribution in [0.3, 0.4) is 0 Å². The highest BCUT2D eigenvalue weighted by Crippen LogP contribution is 2.29. The SMILES string of the molecule is OC1(Cc2ccccc2)CNCS1.